The summed E-state index contributed by atoms with van der Waals surface area (Å²) in [6, 6.07) is 14.6. The highest BCUT2D eigenvalue weighted by Gasteiger charge is 2.33. The Morgan fingerprint density at radius 1 is 1.14 bits per heavy atom. The van der Waals surface area contributed by atoms with Gasteiger partial charge in [-0.25, -0.2) is 8.42 Å². The maximum atomic E-state index is 12.8. The maximum Gasteiger partial charge on any atom is 0.222 e. The van der Waals surface area contributed by atoms with E-state index in [1.165, 1.54) is 0 Å². The van der Waals surface area contributed by atoms with Crippen molar-refractivity contribution in [2.24, 2.45) is 0 Å². The van der Waals surface area contributed by atoms with Crippen LogP contribution in [0.3, 0.4) is 0 Å². The highest BCUT2D eigenvalue weighted by atomic mass is 35.5. The summed E-state index contributed by atoms with van der Waals surface area (Å²) in [6.07, 6.45) is 1.32. The summed E-state index contributed by atoms with van der Waals surface area (Å²) in [4.78, 5) is 14.3. The molecule has 1 unspecified atom stereocenters. The fourth-order valence-electron chi connectivity index (χ4n) is 3.48. The summed E-state index contributed by atoms with van der Waals surface area (Å²) in [6.45, 7) is 0.640. The van der Waals surface area contributed by atoms with Crippen LogP contribution in [0.2, 0.25) is 5.02 Å². The molecule has 0 aromatic heterocycles. The molecule has 1 aliphatic rings. The quantitative estimate of drug-likeness (QED) is 0.738. The van der Waals surface area contributed by atoms with Gasteiger partial charge >= 0.3 is 0 Å². The fourth-order valence-corrected chi connectivity index (χ4v) is 5.63. The number of nitrogens with zero attached hydrogens (tertiary/aromatic N) is 1. The van der Waals surface area contributed by atoms with Crippen molar-refractivity contribution in [2.45, 2.75) is 24.5 Å². The summed E-state index contributed by atoms with van der Waals surface area (Å²) in [5.74, 6) is 0.709. The molecule has 0 radical (unpaired) electrons. The van der Waals surface area contributed by atoms with E-state index in [9.17, 15) is 13.2 Å². The average Bonchev–Trinajstić information content (AvgIpc) is 2.85. The predicted molar refractivity (Wildman–Crippen MR) is 110 cm³/mol. The molecule has 1 heterocycles. The lowest BCUT2D eigenvalue weighted by Gasteiger charge is -2.20. The van der Waals surface area contributed by atoms with E-state index in [4.69, 9.17) is 16.3 Å². The number of rotatable bonds is 5. The molecule has 0 N–H and O–H groups in total. The van der Waals surface area contributed by atoms with Crippen LogP contribution in [0.5, 0.6) is 5.75 Å². The minimum Gasteiger partial charge on any atom is -0.497 e. The van der Waals surface area contributed by atoms with Gasteiger partial charge in [0.15, 0.2) is 9.84 Å². The van der Waals surface area contributed by atoms with Gasteiger partial charge in [-0.1, -0.05) is 41.9 Å². The molecule has 1 fully saturated rings. The maximum absolute atomic E-state index is 12.8. The number of halogens is 1. The minimum absolute atomic E-state index is 0.0224. The number of aryl methyl sites for hydroxylation is 1. The van der Waals surface area contributed by atoms with Crippen LogP contribution in [0.25, 0.3) is 0 Å². The van der Waals surface area contributed by atoms with E-state index in [1.54, 1.807) is 36.3 Å². The van der Waals surface area contributed by atoms with Crippen LogP contribution in [0.1, 0.15) is 29.2 Å². The van der Waals surface area contributed by atoms with E-state index in [1.807, 2.05) is 24.3 Å². The third kappa shape index (κ3) is 4.86. The van der Waals surface area contributed by atoms with Gasteiger partial charge in [-0.05, 0) is 42.2 Å². The van der Waals surface area contributed by atoms with Crippen LogP contribution in [-0.4, -0.2) is 45.2 Å². The van der Waals surface area contributed by atoms with E-state index in [2.05, 4.69) is 0 Å². The molecule has 3 rings (SSSR count). The monoisotopic (exact) mass is 421 g/mol. The number of carbonyl (C=O) groups excluding carboxylic acids is 1. The largest absolute Gasteiger partial charge is 0.497 e. The molecule has 1 saturated heterocycles. The molecule has 0 bridgehead atoms. The standard InChI is InChI=1S/C21H24ClNO4S/c1-27-17-9-6-16(7-10-17)8-11-21(24)23-13-12-20(28(25,26)15-14-23)18-4-2-3-5-19(18)22/h2-7,9-10,20H,8,11-15H2,1H3. The minimum atomic E-state index is -3.37. The Morgan fingerprint density at radius 2 is 1.86 bits per heavy atom. The number of amides is 1. The predicted octanol–water partition coefficient (Wildman–Crippen LogP) is 3.67. The van der Waals surface area contributed by atoms with E-state index >= 15 is 0 Å². The van der Waals surface area contributed by atoms with E-state index in [-0.39, 0.29) is 18.2 Å². The lowest BCUT2D eigenvalue weighted by Crippen LogP contribution is -2.33. The molecule has 2 aromatic rings. The molecule has 0 aliphatic carbocycles. The Kier molecular flexibility index (Phi) is 6.62. The van der Waals surface area contributed by atoms with Crippen molar-refractivity contribution in [3.05, 3.63) is 64.7 Å². The van der Waals surface area contributed by atoms with E-state index in [0.29, 0.717) is 36.4 Å². The molecule has 1 atom stereocenters. The second-order valence-electron chi connectivity index (χ2n) is 6.89. The van der Waals surface area contributed by atoms with Crippen molar-refractivity contribution in [3.63, 3.8) is 0 Å². The first-order valence-electron chi connectivity index (χ1n) is 9.27. The highest BCUT2D eigenvalue weighted by molar-refractivity contribution is 7.91. The zero-order chi connectivity index (χ0) is 20.1. The zero-order valence-corrected chi connectivity index (χ0v) is 17.4. The van der Waals surface area contributed by atoms with Crippen LogP contribution < -0.4 is 4.74 Å². The molecule has 1 aliphatic heterocycles. The van der Waals surface area contributed by atoms with Crippen molar-refractivity contribution < 1.29 is 17.9 Å². The van der Waals surface area contributed by atoms with Gasteiger partial charge in [0.05, 0.1) is 18.1 Å². The summed E-state index contributed by atoms with van der Waals surface area (Å²) >= 11 is 6.22. The number of hydrogen-bond acceptors (Lipinski definition) is 4. The van der Waals surface area contributed by atoms with Gasteiger partial charge in [-0.15, -0.1) is 0 Å². The van der Waals surface area contributed by atoms with Crippen LogP contribution in [-0.2, 0) is 21.1 Å². The number of methoxy groups -OCH3 is 1. The molecule has 2 aromatic carbocycles. The van der Waals surface area contributed by atoms with Crippen LogP contribution >= 0.6 is 11.6 Å². The number of benzene rings is 2. The van der Waals surface area contributed by atoms with Crippen molar-refractivity contribution in [3.8, 4) is 5.75 Å². The van der Waals surface area contributed by atoms with E-state index < -0.39 is 15.1 Å². The lowest BCUT2D eigenvalue weighted by molar-refractivity contribution is -0.130. The second-order valence-corrected chi connectivity index (χ2v) is 9.60. The normalized spacial score (nSPS) is 19.1. The Bertz CT molecular complexity index is 928. The van der Waals surface area contributed by atoms with Crippen LogP contribution in [0.4, 0.5) is 0 Å². The molecule has 1 amide bonds. The summed E-state index contributed by atoms with van der Waals surface area (Å²) in [5, 5.41) is -0.212. The SMILES string of the molecule is COc1ccc(CCC(=O)N2CCC(c3ccccc3Cl)S(=O)(=O)CC2)cc1. The third-order valence-electron chi connectivity index (χ3n) is 5.13. The number of carbonyl (C=O) groups is 1. The van der Waals surface area contributed by atoms with Gasteiger partial charge in [-0.3, -0.25) is 4.79 Å². The lowest BCUT2D eigenvalue weighted by atomic mass is 10.1. The molecular formula is C21H24ClNO4S. The van der Waals surface area contributed by atoms with Crippen molar-refractivity contribution in [2.75, 3.05) is 26.0 Å². The van der Waals surface area contributed by atoms with Crippen LogP contribution in [0.15, 0.2) is 48.5 Å². The third-order valence-corrected chi connectivity index (χ3v) is 7.58. The van der Waals surface area contributed by atoms with Gasteiger partial charge in [0, 0.05) is 24.5 Å². The van der Waals surface area contributed by atoms with Crippen LogP contribution in [0, 0.1) is 0 Å². The Morgan fingerprint density at radius 3 is 2.54 bits per heavy atom. The Balaban J connectivity index is 1.64. The highest BCUT2D eigenvalue weighted by Crippen LogP contribution is 2.34. The molecular weight excluding hydrogens is 398 g/mol. The summed E-state index contributed by atoms with van der Waals surface area (Å²) < 4.78 is 30.6. The van der Waals surface area contributed by atoms with E-state index in [0.717, 1.165) is 11.3 Å². The van der Waals surface area contributed by atoms with Gasteiger partial charge in [0.25, 0.3) is 0 Å². The molecule has 0 saturated carbocycles. The number of sulfone groups is 1. The smallest absolute Gasteiger partial charge is 0.222 e. The van der Waals surface area contributed by atoms with Crippen molar-refractivity contribution >= 4 is 27.3 Å². The van der Waals surface area contributed by atoms with Crippen molar-refractivity contribution in [1.29, 1.82) is 0 Å². The molecule has 5 nitrogen and oxygen atoms in total. The Hall–Kier alpha value is -2.05. The molecule has 150 valence electrons. The zero-order valence-electron chi connectivity index (χ0n) is 15.8. The fraction of sp³-hybridized carbons (Fsp3) is 0.381. The first-order valence-corrected chi connectivity index (χ1v) is 11.4. The van der Waals surface area contributed by atoms with Gasteiger partial charge in [0.2, 0.25) is 5.91 Å². The first kappa shape index (κ1) is 20.7. The topological polar surface area (TPSA) is 63.7 Å². The van der Waals surface area contributed by atoms with Crippen molar-refractivity contribution in [1.82, 2.24) is 4.90 Å². The summed E-state index contributed by atoms with van der Waals surface area (Å²) in [5.41, 5.74) is 1.67. The molecule has 28 heavy (non-hydrogen) atoms. The number of hydrogen-bond donors (Lipinski definition) is 0. The second kappa shape index (κ2) is 8.97. The Labute approximate surface area is 171 Å². The van der Waals surface area contributed by atoms with Gasteiger partial charge in [-0.2, -0.15) is 0 Å². The van der Waals surface area contributed by atoms with Gasteiger partial charge < -0.3 is 9.64 Å². The van der Waals surface area contributed by atoms with Gasteiger partial charge in [0.1, 0.15) is 5.75 Å². The molecule has 7 heteroatoms. The number of ether oxygens (including phenoxy) is 1. The first-order chi connectivity index (χ1) is 13.4. The summed E-state index contributed by atoms with van der Waals surface area (Å²) in [7, 11) is -1.76. The molecule has 0 spiro atoms. The average molecular weight is 422 g/mol.